The van der Waals surface area contributed by atoms with Gasteiger partial charge in [-0.3, -0.25) is 0 Å². The molecule has 0 aliphatic carbocycles. The quantitative estimate of drug-likeness (QED) is 0.797. The third-order valence-corrected chi connectivity index (χ3v) is 2.68. The summed E-state index contributed by atoms with van der Waals surface area (Å²) in [4.78, 5) is 0.991. The van der Waals surface area contributed by atoms with Gasteiger partial charge >= 0.3 is 0 Å². The predicted molar refractivity (Wildman–Crippen MR) is 55.1 cm³/mol. The van der Waals surface area contributed by atoms with Crippen molar-refractivity contribution in [3.05, 3.63) is 6.07 Å². The minimum Gasteiger partial charge on any atom is -0.375 e. The molecule has 4 nitrogen and oxygen atoms in total. The molecule has 0 fully saturated rings. The zero-order chi connectivity index (χ0) is 9.42. The topological polar surface area (TPSA) is 42.7 Å². The van der Waals surface area contributed by atoms with Crippen LogP contribution in [0.15, 0.2) is 6.07 Å². The Kier molecular flexibility index (Phi) is 1.95. The molecule has 70 valence electrons. The van der Waals surface area contributed by atoms with Crippen molar-refractivity contribution in [1.29, 1.82) is 0 Å². The molecule has 0 spiro atoms. The Hall–Kier alpha value is -1.10. The average molecular weight is 196 g/mol. The van der Waals surface area contributed by atoms with Gasteiger partial charge in [0.2, 0.25) is 0 Å². The second-order valence-electron chi connectivity index (χ2n) is 3.31. The number of nitrogens with one attached hydrogen (secondary N) is 1. The van der Waals surface area contributed by atoms with Gasteiger partial charge in [-0.15, -0.1) is 5.10 Å². The van der Waals surface area contributed by atoms with Gasteiger partial charge in [-0.25, -0.2) is 4.68 Å². The summed E-state index contributed by atoms with van der Waals surface area (Å²) in [6.07, 6.45) is 0. The van der Waals surface area contributed by atoms with Crippen molar-refractivity contribution in [3.63, 3.8) is 0 Å². The van der Waals surface area contributed by atoms with Crippen molar-refractivity contribution in [1.82, 2.24) is 15.0 Å². The van der Waals surface area contributed by atoms with E-state index in [1.807, 2.05) is 7.05 Å². The first-order valence-electron chi connectivity index (χ1n) is 4.22. The molecule has 2 rings (SSSR count). The summed E-state index contributed by atoms with van der Waals surface area (Å²) in [5.74, 6) is 0. The van der Waals surface area contributed by atoms with Crippen LogP contribution in [0.2, 0.25) is 0 Å². The molecule has 0 amide bonds. The Morgan fingerprint density at radius 1 is 1.54 bits per heavy atom. The molecule has 0 unspecified atom stereocenters. The van der Waals surface area contributed by atoms with E-state index in [4.69, 9.17) is 0 Å². The highest BCUT2D eigenvalue weighted by Gasteiger charge is 2.07. The number of hydrogen-bond donors (Lipinski definition) is 1. The van der Waals surface area contributed by atoms with Gasteiger partial charge in [0.1, 0.15) is 5.52 Å². The first kappa shape index (κ1) is 8.50. The van der Waals surface area contributed by atoms with E-state index in [0.29, 0.717) is 6.04 Å². The number of aromatic nitrogens is 3. The molecule has 2 aromatic rings. The normalized spacial score (nSPS) is 11.4. The zero-order valence-electron chi connectivity index (χ0n) is 7.90. The van der Waals surface area contributed by atoms with Crippen molar-refractivity contribution in [2.24, 2.45) is 7.05 Å². The first-order valence-corrected chi connectivity index (χ1v) is 5.04. The van der Waals surface area contributed by atoms with Crippen LogP contribution in [-0.4, -0.2) is 21.0 Å². The highest BCUT2D eigenvalue weighted by molar-refractivity contribution is 7.22. The van der Waals surface area contributed by atoms with Crippen LogP contribution < -0.4 is 5.32 Å². The number of anilines is 1. The van der Waals surface area contributed by atoms with Crippen molar-refractivity contribution < 1.29 is 0 Å². The first-order chi connectivity index (χ1) is 6.16. The smallest absolute Gasteiger partial charge is 0.167 e. The fourth-order valence-corrected chi connectivity index (χ4v) is 2.23. The fraction of sp³-hybridized carbons (Fsp3) is 0.500. The number of thiophene rings is 1. The van der Waals surface area contributed by atoms with Crippen LogP contribution in [0.5, 0.6) is 0 Å². The summed E-state index contributed by atoms with van der Waals surface area (Å²) in [7, 11) is 1.90. The molecule has 13 heavy (non-hydrogen) atoms. The minimum atomic E-state index is 0.459. The van der Waals surface area contributed by atoms with Crippen LogP contribution >= 0.6 is 11.3 Å². The van der Waals surface area contributed by atoms with E-state index in [-0.39, 0.29) is 0 Å². The van der Waals surface area contributed by atoms with Gasteiger partial charge in [0, 0.05) is 19.2 Å². The largest absolute Gasteiger partial charge is 0.375 e. The van der Waals surface area contributed by atoms with Crippen LogP contribution in [0.4, 0.5) is 5.00 Å². The fourth-order valence-electron chi connectivity index (χ4n) is 1.19. The lowest BCUT2D eigenvalue weighted by atomic mass is 10.4. The molecule has 0 saturated heterocycles. The Bertz CT molecular complexity index is 415. The Labute approximate surface area is 80.6 Å². The SMILES string of the molecule is CC(C)Nc1cc2c(nnn2C)s1. The molecule has 0 aromatic carbocycles. The van der Waals surface area contributed by atoms with Gasteiger partial charge in [-0.05, 0) is 13.8 Å². The van der Waals surface area contributed by atoms with E-state index < -0.39 is 0 Å². The molecular weight excluding hydrogens is 184 g/mol. The van der Waals surface area contributed by atoms with Gasteiger partial charge in [0.15, 0.2) is 4.83 Å². The summed E-state index contributed by atoms with van der Waals surface area (Å²) in [5.41, 5.74) is 1.09. The van der Waals surface area contributed by atoms with E-state index in [1.165, 1.54) is 0 Å². The maximum Gasteiger partial charge on any atom is 0.167 e. The van der Waals surface area contributed by atoms with Gasteiger partial charge in [-0.1, -0.05) is 16.6 Å². The van der Waals surface area contributed by atoms with E-state index in [9.17, 15) is 0 Å². The molecule has 0 atom stereocenters. The molecule has 0 aliphatic rings. The lowest BCUT2D eigenvalue weighted by Crippen LogP contribution is -2.07. The monoisotopic (exact) mass is 196 g/mol. The van der Waals surface area contributed by atoms with Crippen molar-refractivity contribution in [2.45, 2.75) is 19.9 Å². The predicted octanol–water partition coefficient (Wildman–Crippen LogP) is 1.85. The molecule has 1 N–H and O–H groups in total. The molecular formula is C8H12N4S. The third kappa shape index (κ3) is 1.51. The van der Waals surface area contributed by atoms with Gasteiger partial charge in [0.05, 0.1) is 5.00 Å². The van der Waals surface area contributed by atoms with Crippen LogP contribution in [0.25, 0.3) is 10.3 Å². The Morgan fingerprint density at radius 2 is 2.31 bits per heavy atom. The molecule has 0 radical (unpaired) electrons. The van der Waals surface area contributed by atoms with Crippen molar-refractivity contribution >= 4 is 26.7 Å². The van der Waals surface area contributed by atoms with Crippen LogP contribution in [0, 0.1) is 0 Å². The highest BCUT2D eigenvalue weighted by atomic mass is 32.1. The number of hydrogen-bond acceptors (Lipinski definition) is 4. The zero-order valence-corrected chi connectivity index (χ0v) is 8.72. The summed E-state index contributed by atoms with van der Waals surface area (Å²) < 4.78 is 1.79. The second kappa shape index (κ2) is 2.99. The maximum absolute atomic E-state index is 4.04. The molecule has 0 bridgehead atoms. The summed E-state index contributed by atoms with van der Waals surface area (Å²) >= 11 is 1.64. The molecule has 2 heterocycles. The summed E-state index contributed by atoms with van der Waals surface area (Å²) in [6.45, 7) is 4.24. The lowest BCUT2D eigenvalue weighted by Gasteiger charge is -2.05. The van der Waals surface area contributed by atoms with Gasteiger partial charge in [-0.2, -0.15) is 0 Å². The number of nitrogens with zero attached hydrogens (tertiary/aromatic N) is 3. The van der Waals surface area contributed by atoms with Crippen molar-refractivity contribution in [2.75, 3.05) is 5.32 Å². The van der Waals surface area contributed by atoms with E-state index in [1.54, 1.807) is 16.0 Å². The van der Waals surface area contributed by atoms with Crippen LogP contribution in [-0.2, 0) is 7.05 Å². The van der Waals surface area contributed by atoms with E-state index in [2.05, 4.69) is 35.5 Å². The standard InChI is InChI=1S/C8H12N4S/c1-5(2)9-7-4-6-8(13-7)10-11-12(6)3/h4-5,9H,1-3H3. The van der Waals surface area contributed by atoms with Gasteiger partial charge in [0.25, 0.3) is 0 Å². The van der Waals surface area contributed by atoms with Crippen LogP contribution in [0.3, 0.4) is 0 Å². The molecule has 0 saturated carbocycles. The molecule has 2 aromatic heterocycles. The molecule has 0 aliphatic heterocycles. The average Bonchev–Trinajstić information content (AvgIpc) is 2.53. The Balaban J connectivity index is 2.39. The number of fused-ring (bicyclic) bond motifs is 1. The van der Waals surface area contributed by atoms with Crippen LogP contribution in [0.1, 0.15) is 13.8 Å². The highest BCUT2D eigenvalue weighted by Crippen LogP contribution is 2.27. The third-order valence-electron chi connectivity index (χ3n) is 1.74. The number of rotatable bonds is 2. The molecule has 5 heteroatoms. The van der Waals surface area contributed by atoms with E-state index in [0.717, 1.165) is 15.3 Å². The van der Waals surface area contributed by atoms with Gasteiger partial charge < -0.3 is 5.32 Å². The number of aryl methyl sites for hydroxylation is 1. The summed E-state index contributed by atoms with van der Waals surface area (Å²) in [6, 6.07) is 2.54. The minimum absolute atomic E-state index is 0.459. The second-order valence-corrected chi connectivity index (χ2v) is 4.34. The summed E-state index contributed by atoms with van der Waals surface area (Å²) in [5, 5.41) is 12.5. The van der Waals surface area contributed by atoms with Crippen molar-refractivity contribution in [3.8, 4) is 0 Å². The Morgan fingerprint density at radius 3 is 2.92 bits per heavy atom. The lowest BCUT2D eigenvalue weighted by molar-refractivity contribution is 0.736. The maximum atomic E-state index is 4.04. The van der Waals surface area contributed by atoms with E-state index >= 15 is 0 Å².